The molecule has 0 aliphatic heterocycles. The van der Waals surface area contributed by atoms with E-state index < -0.39 is 19.7 Å². The summed E-state index contributed by atoms with van der Waals surface area (Å²) in [6.07, 6.45) is 16.1. The zero-order valence-electron chi connectivity index (χ0n) is 45.9. The molecular weight excluding hydrogens is 1180 g/mol. The molecular formula is C54H70BrClN18O6S2. The summed E-state index contributed by atoms with van der Waals surface area (Å²) in [4.78, 5) is 87.0. The number of anilines is 2. The molecule has 82 heavy (non-hydrogen) atoms. The number of nitrogens with zero attached hydrogens (tertiary/aromatic N) is 16. The Morgan fingerprint density at radius 2 is 0.988 bits per heavy atom. The zero-order chi connectivity index (χ0) is 57.8. The molecule has 438 valence electrons. The first-order valence-electron chi connectivity index (χ1n) is 26.1. The second-order valence-corrected chi connectivity index (χ2v) is 25.8. The fourth-order valence-electron chi connectivity index (χ4n) is 8.09. The molecule has 8 aromatic rings. The Morgan fingerprint density at radius 3 is 1.43 bits per heavy atom. The van der Waals surface area contributed by atoms with Gasteiger partial charge in [0.2, 0.25) is 5.28 Å². The van der Waals surface area contributed by atoms with Gasteiger partial charge in [0.05, 0.1) is 69.8 Å². The van der Waals surface area contributed by atoms with Crippen molar-refractivity contribution in [1.29, 1.82) is 0 Å². The molecule has 0 unspecified atom stereocenters. The van der Waals surface area contributed by atoms with Crippen molar-refractivity contribution in [3.8, 4) is 11.4 Å². The van der Waals surface area contributed by atoms with E-state index in [1.165, 1.54) is 49.5 Å². The summed E-state index contributed by atoms with van der Waals surface area (Å²) in [6.45, 7) is 19.2. The van der Waals surface area contributed by atoms with E-state index in [-0.39, 0.29) is 101 Å². The molecule has 2 aliphatic carbocycles. The van der Waals surface area contributed by atoms with E-state index >= 15 is 0 Å². The van der Waals surface area contributed by atoms with E-state index in [0.29, 0.717) is 51.6 Å². The van der Waals surface area contributed by atoms with Gasteiger partial charge in [-0.15, -0.1) is 0 Å². The van der Waals surface area contributed by atoms with E-state index in [2.05, 4.69) is 91.4 Å². The molecule has 0 saturated heterocycles. The highest BCUT2D eigenvalue weighted by atomic mass is 79.9. The molecule has 0 bridgehead atoms. The molecule has 8 heterocycles. The third-order valence-electron chi connectivity index (χ3n) is 13.9. The molecule has 0 amide bonds. The van der Waals surface area contributed by atoms with Crippen LogP contribution in [0.4, 0.5) is 11.6 Å². The van der Waals surface area contributed by atoms with Gasteiger partial charge in [-0.3, -0.25) is 18.7 Å². The SMILES string of the molecule is C.C.CCS(=O)(=O)c1cnc(CNc2nc3cnc(-c4c(C)ncnc4C4CC4)nc3n([C@@H](C)C(C)C)c2=O)nc1.CCS(=O)(=O)c1cnc(CNc2nc3cnc(Cl)nc3n([C@@H](C)C(C)C)c2=O)nc1.Cc1ncnc(C2CC2)c1Br. The van der Waals surface area contributed by atoms with E-state index in [1.54, 1.807) is 41.8 Å². The van der Waals surface area contributed by atoms with Crippen LogP contribution in [0.2, 0.25) is 5.28 Å². The van der Waals surface area contributed by atoms with Crippen LogP contribution in [-0.2, 0) is 32.8 Å². The van der Waals surface area contributed by atoms with Gasteiger partial charge in [-0.2, -0.15) is 4.98 Å². The van der Waals surface area contributed by atoms with Crippen LogP contribution >= 0.6 is 27.5 Å². The second-order valence-electron chi connectivity index (χ2n) is 20.1. The predicted molar refractivity (Wildman–Crippen MR) is 319 cm³/mol. The first-order chi connectivity index (χ1) is 38.0. The maximum absolute atomic E-state index is 13.7. The molecule has 0 aromatic carbocycles. The topological polar surface area (TPSA) is 317 Å². The Balaban J connectivity index is 0.000000222. The monoisotopic (exact) mass is 1240 g/mol. The first-order valence-corrected chi connectivity index (χ1v) is 30.6. The standard InChI is InChI=1S/C26H31N9O3S.C18H22ClN7O3S.C8H9BrN2.2CH4/c1-6-39(37,38)18-9-27-20(28-10-18)12-30-24-26(36)35(16(5)14(2)3)25-19(33-24)11-29-23(34-25)21-15(4)31-13-32-22(21)17-7-8-17;1-5-30(28,29)12-6-20-14(21-7-12)9-22-15-17(27)26(11(4)10(2)3)16-13(24-15)8-23-18(19)25-16;1-5-7(9)8(6-2-3-6)11-4-10-5;;/h9-11,13-14,16-17H,6-8,12H2,1-5H3,(H,30,33);6-8,10-11H,5,9H2,1-4H3,(H,22,24);4,6H,2-3H2,1H3;2*1H4/t16-;11-;;;/m00.../s1. The Morgan fingerprint density at radius 1 is 0.573 bits per heavy atom. The lowest BCUT2D eigenvalue weighted by molar-refractivity contribution is 0.406. The third-order valence-corrected chi connectivity index (χ3v) is 18.4. The number of nitrogens with one attached hydrogen (secondary N) is 2. The van der Waals surface area contributed by atoms with Crippen LogP contribution in [0.15, 0.2) is 73.7 Å². The van der Waals surface area contributed by atoms with Crippen molar-refractivity contribution in [3.63, 3.8) is 0 Å². The Hall–Kier alpha value is -6.97. The average molecular weight is 1250 g/mol. The number of sulfone groups is 2. The van der Waals surface area contributed by atoms with Gasteiger partial charge in [-0.1, -0.05) is 56.4 Å². The van der Waals surface area contributed by atoms with Gasteiger partial charge < -0.3 is 10.6 Å². The fraction of sp³-hybridized carbons (Fsp3) is 0.481. The predicted octanol–water partition coefficient (Wildman–Crippen LogP) is 9.19. The van der Waals surface area contributed by atoms with Crippen LogP contribution in [0.25, 0.3) is 33.7 Å². The highest BCUT2D eigenvalue weighted by molar-refractivity contribution is 9.10. The summed E-state index contributed by atoms with van der Waals surface area (Å²) in [5, 5.41) is 5.99. The minimum atomic E-state index is -3.40. The van der Waals surface area contributed by atoms with Crippen LogP contribution < -0.4 is 21.8 Å². The third kappa shape index (κ3) is 14.6. The normalized spacial score (nSPS) is 14.0. The van der Waals surface area contributed by atoms with Crippen LogP contribution in [0.1, 0.15) is 154 Å². The Kier molecular flexibility index (Phi) is 21.1. The number of hydrogen-bond donors (Lipinski definition) is 2. The molecule has 0 spiro atoms. The second kappa shape index (κ2) is 27.0. The lowest BCUT2D eigenvalue weighted by atomic mass is 10.1. The molecule has 2 aliphatic rings. The van der Waals surface area contributed by atoms with Crippen molar-refractivity contribution < 1.29 is 16.8 Å². The molecule has 28 heteroatoms. The van der Waals surface area contributed by atoms with Gasteiger partial charge in [-0.25, -0.2) is 81.6 Å². The lowest BCUT2D eigenvalue weighted by Crippen LogP contribution is -2.30. The van der Waals surface area contributed by atoms with Gasteiger partial charge in [0.1, 0.15) is 45.1 Å². The molecule has 10 rings (SSSR count). The number of aromatic nitrogens is 16. The van der Waals surface area contributed by atoms with Crippen LogP contribution in [0, 0.1) is 25.7 Å². The minimum absolute atomic E-state index is 0. The van der Waals surface area contributed by atoms with Crippen molar-refractivity contribution >= 4 is 81.2 Å². The lowest BCUT2D eigenvalue weighted by Gasteiger charge is -2.21. The molecule has 2 atom stereocenters. The van der Waals surface area contributed by atoms with Gasteiger partial charge in [0.15, 0.2) is 48.4 Å². The maximum atomic E-state index is 13.7. The molecule has 2 N–H and O–H groups in total. The van der Waals surface area contributed by atoms with Gasteiger partial charge >= 0.3 is 0 Å². The van der Waals surface area contributed by atoms with Gasteiger partial charge in [0, 0.05) is 48.7 Å². The number of rotatable bonds is 17. The molecule has 8 aromatic heterocycles. The minimum Gasteiger partial charge on any atom is -0.358 e. The Labute approximate surface area is 490 Å². The van der Waals surface area contributed by atoms with Crippen LogP contribution in [-0.4, -0.2) is 107 Å². The van der Waals surface area contributed by atoms with Crippen LogP contribution in [0.3, 0.4) is 0 Å². The zero-order valence-corrected chi connectivity index (χ0v) is 49.9. The number of hydrogen-bond acceptors (Lipinski definition) is 22. The highest BCUT2D eigenvalue weighted by Gasteiger charge is 2.31. The molecule has 2 saturated carbocycles. The van der Waals surface area contributed by atoms with Crippen molar-refractivity contribution in [2.75, 3.05) is 22.1 Å². The summed E-state index contributed by atoms with van der Waals surface area (Å²) in [7, 11) is -6.78. The van der Waals surface area contributed by atoms with E-state index in [1.807, 2.05) is 55.4 Å². The summed E-state index contributed by atoms with van der Waals surface area (Å²) >= 11 is 9.42. The van der Waals surface area contributed by atoms with E-state index in [0.717, 1.165) is 40.0 Å². The molecule has 0 radical (unpaired) electrons. The molecule has 24 nitrogen and oxygen atoms in total. The summed E-state index contributed by atoms with van der Waals surface area (Å²) in [6, 6.07) is -0.346. The number of fused-ring (bicyclic) bond motifs is 2. The highest BCUT2D eigenvalue weighted by Crippen LogP contribution is 2.44. The maximum Gasteiger partial charge on any atom is 0.295 e. The van der Waals surface area contributed by atoms with Crippen LogP contribution in [0.5, 0.6) is 0 Å². The van der Waals surface area contributed by atoms with Crippen molar-refractivity contribution in [2.24, 2.45) is 11.8 Å². The summed E-state index contributed by atoms with van der Waals surface area (Å²) in [5.41, 5.74) is 5.76. The van der Waals surface area contributed by atoms with Gasteiger partial charge in [0.25, 0.3) is 11.1 Å². The summed E-state index contributed by atoms with van der Waals surface area (Å²) in [5.74, 6) is 2.63. The average Bonchev–Trinajstić information content (AvgIpc) is 3.81. The van der Waals surface area contributed by atoms with Crippen molar-refractivity contribution in [2.45, 2.75) is 157 Å². The van der Waals surface area contributed by atoms with E-state index in [9.17, 15) is 26.4 Å². The first kappa shape index (κ1) is 64.2. The largest absolute Gasteiger partial charge is 0.358 e. The number of halogens is 2. The van der Waals surface area contributed by atoms with Gasteiger partial charge in [-0.05, 0) is 92.7 Å². The van der Waals surface area contributed by atoms with Crippen molar-refractivity contribution in [3.05, 3.63) is 115 Å². The Bertz CT molecular complexity index is 3920. The quantitative estimate of drug-likeness (QED) is 0.0802. The molecule has 2 fully saturated rings. The van der Waals surface area contributed by atoms with E-state index in [4.69, 9.17) is 16.6 Å². The number of aryl methyl sites for hydroxylation is 2. The van der Waals surface area contributed by atoms with Crippen molar-refractivity contribution in [1.82, 2.24) is 78.9 Å². The fourth-order valence-corrected chi connectivity index (χ4v) is 10.3. The summed E-state index contributed by atoms with van der Waals surface area (Å²) < 4.78 is 52.1. The smallest absolute Gasteiger partial charge is 0.295 e.